The summed E-state index contributed by atoms with van der Waals surface area (Å²) in [5.74, 6) is -0.0190. The molecule has 6 heteroatoms. The van der Waals surface area contributed by atoms with E-state index in [4.69, 9.17) is 4.74 Å². The van der Waals surface area contributed by atoms with Gasteiger partial charge in [-0.25, -0.2) is 0 Å². The van der Waals surface area contributed by atoms with Crippen LogP contribution in [-0.2, 0) is 14.3 Å². The summed E-state index contributed by atoms with van der Waals surface area (Å²) in [6.07, 6.45) is 75.3. The second kappa shape index (κ2) is 62.1. The number of carbonyl (C=O) groups is 2. The summed E-state index contributed by atoms with van der Waals surface area (Å²) in [6.45, 7) is 4.96. The van der Waals surface area contributed by atoms with E-state index in [0.717, 1.165) is 44.9 Å². The van der Waals surface area contributed by atoms with Gasteiger partial charge in [-0.1, -0.05) is 321 Å². The van der Waals surface area contributed by atoms with Crippen molar-refractivity contribution in [1.29, 1.82) is 0 Å². The molecule has 2 atom stereocenters. The van der Waals surface area contributed by atoms with Crippen molar-refractivity contribution in [2.24, 2.45) is 0 Å². The maximum absolute atomic E-state index is 12.5. The normalized spacial score (nSPS) is 12.6. The minimum atomic E-state index is -0.660. The van der Waals surface area contributed by atoms with Crippen molar-refractivity contribution in [1.82, 2.24) is 5.32 Å². The highest BCUT2D eigenvalue weighted by Crippen LogP contribution is 2.19. The molecule has 0 aliphatic carbocycles. The molecule has 1 amide bonds. The SMILES string of the molecule is CCCCC/C=C\CCCCCCCC(=O)OCCCCCCCCCCCCCCCCCCCCCCCCCCCCCCCC(=O)NC(CO)C(O)CCCCCCCCCCCCCCCC. The van der Waals surface area contributed by atoms with Crippen LogP contribution in [0.2, 0.25) is 0 Å². The Morgan fingerprint density at radius 3 is 1.01 bits per heavy atom. The van der Waals surface area contributed by atoms with Crippen LogP contribution in [0.4, 0.5) is 0 Å². The fourth-order valence-corrected chi connectivity index (χ4v) is 10.5. The molecule has 0 saturated heterocycles. The first kappa shape index (κ1) is 70.6. The molecule has 0 saturated carbocycles. The summed E-state index contributed by atoms with van der Waals surface area (Å²) < 4.78 is 5.47. The van der Waals surface area contributed by atoms with Gasteiger partial charge in [-0.3, -0.25) is 9.59 Å². The molecule has 0 aromatic carbocycles. The van der Waals surface area contributed by atoms with Gasteiger partial charge in [0.15, 0.2) is 0 Å². The first-order chi connectivity index (χ1) is 35.5. The topological polar surface area (TPSA) is 95.9 Å². The number of allylic oxidation sites excluding steroid dienone is 2. The van der Waals surface area contributed by atoms with E-state index in [0.29, 0.717) is 25.9 Å². The average molecular weight is 1020 g/mol. The summed E-state index contributed by atoms with van der Waals surface area (Å²) in [5, 5.41) is 23.3. The van der Waals surface area contributed by atoms with Gasteiger partial charge in [-0.2, -0.15) is 0 Å². The van der Waals surface area contributed by atoms with Crippen molar-refractivity contribution in [3.63, 3.8) is 0 Å². The molecule has 3 N–H and O–H groups in total. The van der Waals surface area contributed by atoms with Crippen LogP contribution in [-0.4, -0.2) is 47.4 Å². The van der Waals surface area contributed by atoms with Gasteiger partial charge in [0, 0.05) is 12.8 Å². The zero-order chi connectivity index (χ0) is 52.2. The van der Waals surface area contributed by atoms with Crippen LogP contribution in [0.3, 0.4) is 0 Å². The number of hydrogen-bond acceptors (Lipinski definition) is 5. The van der Waals surface area contributed by atoms with Crippen LogP contribution in [0.1, 0.15) is 373 Å². The summed E-state index contributed by atoms with van der Waals surface area (Å²) in [4.78, 5) is 24.5. The summed E-state index contributed by atoms with van der Waals surface area (Å²) in [5.41, 5.74) is 0. The second-order valence-corrected chi connectivity index (χ2v) is 22.8. The molecule has 0 aromatic rings. The minimum Gasteiger partial charge on any atom is -0.466 e. The Labute approximate surface area is 450 Å². The lowest BCUT2D eigenvalue weighted by molar-refractivity contribution is -0.143. The monoisotopic (exact) mass is 1020 g/mol. The van der Waals surface area contributed by atoms with E-state index in [-0.39, 0.29) is 18.5 Å². The molecule has 72 heavy (non-hydrogen) atoms. The lowest BCUT2D eigenvalue weighted by Gasteiger charge is -2.22. The zero-order valence-electron chi connectivity index (χ0n) is 48.9. The Bertz CT molecular complexity index is 1080. The van der Waals surface area contributed by atoms with Crippen LogP contribution in [0.25, 0.3) is 0 Å². The molecule has 6 nitrogen and oxygen atoms in total. The van der Waals surface area contributed by atoms with Gasteiger partial charge < -0.3 is 20.3 Å². The van der Waals surface area contributed by atoms with Crippen LogP contribution in [0.15, 0.2) is 12.2 Å². The van der Waals surface area contributed by atoms with Gasteiger partial charge in [-0.05, 0) is 51.4 Å². The van der Waals surface area contributed by atoms with E-state index in [1.807, 2.05) is 0 Å². The molecule has 0 aliphatic rings. The van der Waals surface area contributed by atoms with Gasteiger partial charge in [0.05, 0.1) is 25.4 Å². The van der Waals surface area contributed by atoms with E-state index >= 15 is 0 Å². The number of ether oxygens (including phenoxy) is 1. The van der Waals surface area contributed by atoms with E-state index in [9.17, 15) is 19.8 Å². The molecular formula is C66H129NO5. The van der Waals surface area contributed by atoms with Gasteiger partial charge in [0.1, 0.15) is 0 Å². The van der Waals surface area contributed by atoms with E-state index in [1.165, 1.54) is 295 Å². The number of nitrogens with one attached hydrogen (secondary N) is 1. The summed E-state index contributed by atoms with van der Waals surface area (Å²) >= 11 is 0. The van der Waals surface area contributed by atoms with Crippen LogP contribution in [0, 0.1) is 0 Å². The van der Waals surface area contributed by atoms with E-state index in [2.05, 4.69) is 31.3 Å². The Balaban J connectivity index is 3.32. The Hall–Kier alpha value is -1.40. The zero-order valence-corrected chi connectivity index (χ0v) is 48.9. The van der Waals surface area contributed by atoms with Gasteiger partial charge in [-0.15, -0.1) is 0 Å². The molecule has 2 unspecified atom stereocenters. The third-order valence-electron chi connectivity index (χ3n) is 15.6. The molecule has 0 bridgehead atoms. The Morgan fingerprint density at radius 2 is 0.653 bits per heavy atom. The maximum Gasteiger partial charge on any atom is 0.305 e. The predicted octanol–water partition coefficient (Wildman–Crippen LogP) is 20.8. The van der Waals surface area contributed by atoms with Crippen molar-refractivity contribution < 1.29 is 24.5 Å². The van der Waals surface area contributed by atoms with Gasteiger partial charge in [0.25, 0.3) is 0 Å². The third kappa shape index (κ3) is 57.9. The largest absolute Gasteiger partial charge is 0.466 e. The number of carbonyl (C=O) groups excluding carboxylic acids is 2. The Morgan fingerprint density at radius 1 is 0.375 bits per heavy atom. The highest BCUT2D eigenvalue weighted by molar-refractivity contribution is 5.76. The molecule has 0 heterocycles. The first-order valence-electron chi connectivity index (χ1n) is 32.9. The van der Waals surface area contributed by atoms with Crippen molar-refractivity contribution in [2.75, 3.05) is 13.2 Å². The van der Waals surface area contributed by atoms with Crippen LogP contribution < -0.4 is 5.32 Å². The molecule has 0 aliphatic heterocycles. The number of aliphatic hydroxyl groups excluding tert-OH is 2. The third-order valence-corrected chi connectivity index (χ3v) is 15.6. The Kier molecular flexibility index (Phi) is 60.9. The highest BCUT2D eigenvalue weighted by Gasteiger charge is 2.20. The smallest absolute Gasteiger partial charge is 0.305 e. The fourth-order valence-electron chi connectivity index (χ4n) is 10.5. The molecule has 0 radical (unpaired) electrons. The maximum atomic E-state index is 12.5. The first-order valence-corrected chi connectivity index (χ1v) is 32.9. The van der Waals surface area contributed by atoms with Crippen molar-refractivity contribution >= 4 is 11.9 Å². The lowest BCUT2D eigenvalue weighted by Crippen LogP contribution is -2.45. The van der Waals surface area contributed by atoms with Crippen molar-refractivity contribution in [3.8, 4) is 0 Å². The van der Waals surface area contributed by atoms with E-state index < -0.39 is 12.1 Å². The lowest BCUT2D eigenvalue weighted by atomic mass is 10.0. The number of esters is 1. The molecule has 0 aromatic heterocycles. The van der Waals surface area contributed by atoms with Crippen molar-refractivity contribution in [2.45, 2.75) is 386 Å². The average Bonchev–Trinajstić information content (AvgIpc) is 3.38. The number of unbranched alkanes of at least 4 members (excludes halogenated alkanes) is 49. The van der Waals surface area contributed by atoms with Crippen LogP contribution in [0.5, 0.6) is 0 Å². The molecule has 0 spiro atoms. The highest BCUT2D eigenvalue weighted by atomic mass is 16.5. The number of aliphatic hydroxyl groups is 2. The summed E-state index contributed by atoms with van der Waals surface area (Å²) in [7, 11) is 0. The number of rotatable bonds is 62. The predicted molar refractivity (Wildman–Crippen MR) is 315 cm³/mol. The standard InChI is InChI=1S/C66H129NO5/c1-3-5-7-9-11-13-15-17-35-38-42-46-50-54-58-64(69)63(62-68)67-65(70)59-55-51-47-43-39-36-33-31-29-27-25-23-21-19-18-20-22-24-26-28-30-32-34-37-41-45-49-53-57-61-72-66(71)60-56-52-48-44-40-16-14-12-10-8-6-4-2/h12,14,63-64,68-69H,3-11,13,15-62H2,1-2H3,(H,67,70)/b14-12-. The minimum absolute atomic E-state index is 0.00993. The molecule has 428 valence electrons. The summed E-state index contributed by atoms with van der Waals surface area (Å²) in [6, 6.07) is -0.537. The van der Waals surface area contributed by atoms with Gasteiger partial charge >= 0.3 is 5.97 Å². The van der Waals surface area contributed by atoms with Crippen LogP contribution >= 0.6 is 0 Å². The van der Waals surface area contributed by atoms with Gasteiger partial charge in [0.2, 0.25) is 5.91 Å². The second-order valence-electron chi connectivity index (χ2n) is 22.8. The number of amides is 1. The van der Waals surface area contributed by atoms with Crippen molar-refractivity contribution in [3.05, 3.63) is 12.2 Å². The quantitative estimate of drug-likeness (QED) is 0.0320. The molecular weight excluding hydrogens is 887 g/mol. The molecule has 0 fully saturated rings. The fraction of sp³-hybridized carbons (Fsp3) is 0.939. The van der Waals surface area contributed by atoms with E-state index in [1.54, 1.807) is 0 Å². The molecule has 0 rings (SSSR count). The number of hydrogen-bond donors (Lipinski definition) is 3.